The molecule has 1 aromatic heterocycles. The fourth-order valence-electron chi connectivity index (χ4n) is 2.45. The van der Waals surface area contributed by atoms with E-state index in [0.29, 0.717) is 13.1 Å². The third-order valence-corrected chi connectivity index (χ3v) is 4.39. The van der Waals surface area contributed by atoms with Gasteiger partial charge in [0.2, 0.25) is 5.91 Å². The summed E-state index contributed by atoms with van der Waals surface area (Å²) in [5.74, 6) is -0.0250. The van der Waals surface area contributed by atoms with Crippen molar-refractivity contribution >= 4 is 17.2 Å². The summed E-state index contributed by atoms with van der Waals surface area (Å²) >= 11 is 1.67. The smallest absolute Gasteiger partial charge is 0.249 e. The van der Waals surface area contributed by atoms with Gasteiger partial charge in [0.05, 0.1) is 12.1 Å². The van der Waals surface area contributed by atoms with Crippen LogP contribution in [0, 0.1) is 0 Å². The molecular formula is C14H23N3O2S. The summed E-state index contributed by atoms with van der Waals surface area (Å²) < 4.78 is 5.61. The second kappa shape index (κ2) is 7.17. The van der Waals surface area contributed by atoms with Crippen molar-refractivity contribution in [2.45, 2.75) is 31.1 Å². The van der Waals surface area contributed by atoms with Gasteiger partial charge in [-0.15, -0.1) is 0 Å². The van der Waals surface area contributed by atoms with Gasteiger partial charge in [-0.2, -0.15) is 11.3 Å². The normalized spacial score (nSPS) is 24.0. The zero-order valence-electron chi connectivity index (χ0n) is 12.0. The summed E-state index contributed by atoms with van der Waals surface area (Å²) in [6.45, 7) is 1.08. The van der Waals surface area contributed by atoms with Gasteiger partial charge in [0.1, 0.15) is 6.10 Å². The monoisotopic (exact) mass is 297 g/mol. The van der Waals surface area contributed by atoms with Crippen LogP contribution in [0.1, 0.15) is 24.4 Å². The van der Waals surface area contributed by atoms with Crippen LogP contribution in [0.2, 0.25) is 0 Å². The molecule has 0 saturated carbocycles. The third kappa shape index (κ3) is 3.79. The van der Waals surface area contributed by atoms with E-state index >= 15 is 0 Å². The molecule has 3 N–H and O–H groups in total. The number of carbonyl (C=O) groups excluding carboxylic acids is 1. The van der Waals surface area contributed by atoms with E-state index in [2.05, 4.69) is 27.0 Å². The highest BCUT2D eigenvalue weighted by atomic mass is 32.1. The van der Waals surface area contributed by atoms with Crippen LogP contribution in [0.25, 0.3) is 0 Å². The van der Waals surface area contributed by atoms with E-state index in [0.717, 1.165) is 12.8 Å². The van der Waals surface area contributed by atoms with Crippen LogP contribution < -0.4 is 11.1 Å². The van der Waals surface area contributed by atoms with Crippen LogP contribution >= 0.6 is 11.3 Å². The minimum Gasteiger partial charge on any atom is -0.364 e. The summed E-state index contributed by atoms with van der Waals surface area (Å²) in [5, 5.41) is 7.17. The summed E-state index contributed by atoms with van der Waals surface area (Å²) in [6, 6.07) is 2.29. The maximum absolute atomic E-state index is 12.1. The molecule has 0 spiro atoms. The molecule has 2 heterocycles. The number of nitrogens with two attached hydrogens (primary N) is 1. The minimum absolute atomic E-state index is 0.0250. The maximum Gasteiger partial charge on any atom is 0.249 e. The summed E-state index contributed by atoms with van der Waals surface area (Å²) in [7, 11) is 4.04. The number of ether oxygens (including phenoxy) is 1. The van der Waals surface area contributed by atoms with Gasteiger partial charge in [-0.05, 0) is 49.3 Å². The standard InChI is InChI=1S/C14H23N3O2S/c1-17(2)12(10-5-6-20-9-10)8-16-14(18)13-4-3-11(7-15)19-13/h5-6,9,11-13H,3-4,7-8,15H2,1-2H3,(H,16,18)/t11-,12?,13+/m1/s1. The molecule has 0 radical (unpaired) electrons. The topological polar surface area (TPSA) is 67.6 Å². The summed E-state index contributed by atoms with van der Waals surface area (Å²) in [6.07, 6.45) is 1.33. The molecule has 1 aliphatic heterocycles. The predicted octanol–water partition coefficient (Wildman–Crippen LogP) is 0.973. The Bertz CT molecular complexity index is 422. The molecule has 20 heavy (non-hydrogen) atoms. The van der Waals surface area contributed by atoms with Gasteiger partial charge >= 0.3 is 0 Å². The van der Waals surface area contributed by atoms with Crippen LogP contribution in [-0.2, 0) is 9.53 Å². The summed E-state index contributed by atoms with van der Waals surface area (Å²) in [5.41, 5.74) is 6.79. The van der Waals surface area contributed by atoms with E-state index in [-0.39, 0.29) is 24.2 Å². The number of nitrogens with one attached hydrogen (secondary N) is 1. The zero-order valence-corrected chi connectivity index (χ0v) is 12.9. The molecular weight excluding hydrogens is 274 g/mol. The highest BCUT2D eigenvalue weighted by Crippen LogP contribution is 2.21. The molecule has 112 valence electrons. The SMILES string of the molecule is CN(C)C(CNC(=O)[C@@H]1CC[C@H](CN)O1)c1ccsc1. The lowest BCUT2D eigenvalue weighted by atomic mass is 10.1. The van der Waals surface area contributed by atoms with Gasteiger partial charge in [0.15, 0.2) is 0 Å². The molecule has 1 fully saturated rings. The number of carbonyl (C=O) groups is 1. The minimum atomic E-state index is -0.339. The molecule has 6 heteroatoms. The first-order valence-corrected chi connectivity index (χ1v) is 7.88. The first-order chi connectivity index (χ1) is 9.61. The van der Waals surface area contributed by atoms with Gasteiger partial charge < -0.3 is 20.7 Å². The number of amides is 1. The second-order valence-corrected chi connectivity index (χ2v) is 6.12. The molecule has 5 nitrogen and oxygen atoms in total. The molecule has 0 aliphatic carbocycles. The lowest BCUT2D eigenvalue weighted by molar-refractivity contribution is -0.132. The fraction of sp³-hybridized carbons (Fsp3) is 0.643. The van der Waals surface area contributed by atoms with E-state index in [9.17, 15) is 4.79 Å². The molecule has 1 saturated heterocycles. The van der Waals surface area contributed by atoms with Crippen molar-refractivity contribution in [3.8, 4) is 0 Å². The van der Waals surface area contributed by atoms with Crippen molar-refractivity contribution in [3.05, 3.63) is 22.4 Å². The fourth-order valence-corrected chi connectivity index (χ4v) is 3.15. The lowest BCUT2D eigenvalue weighted by Gasteiger charge is -2.24. The Kier molecular flexibility index (Phi) is 5.54. The Labute approximate surface area is 124 Å². The molecule has 1 aromatic rings. The van der Waals surface area contributed by atoms with Gasteiger partial charge in [-0.25, -0.2) is 0 Å². The zero-order chi connectivity index (χ0) is 14.5. The highest BCUT2D eigenvalue weighted by molar-refractivity contribution is 7.07. The molecule has 1 aliphatic rings. The van der Waals surface area contributed by atoms with Crippen LogP contribution in [0.15, 0.2) is 16.8 Å². The first kappa shape index (κ1) is 15.4. The Balaban J connectivity index is 1.85. The quantitative estimate of drug-likeness (QED) is 0.821. The number of rotatable bonds is 6. The largest absolute Gasteiger partial charge is 0.364 e. The first-order valence-electron chi connectivity index (χ1n) is 6.93. The number of nitrogens with zero attached hydrogens (tertiary/aromatic N) is 1. The van der Waals surface area contributed by atoms with Gasteiger partial charge in [-0.3, -0.25) is 4.79 Å². The summed E-state index contributed by atoms with van der Waals surface area (Å²) in [4.78, 5) is 14.2. The molecule has 1 amide bonds. The Morgan fingerprint density at radius 1 is 1.60 bits per heavy atom. The Hall–Kier alpha value is -0.950. The van der Waals surface area contributed by atoms with Crippen molar-refractivity contribution in [2.24, 2.45) is 5.73 Å². The average molecular weight is 297 g/mol. The van der Waals surface area contributed by atoms with E-state index in [1.165, 1.54) is 5.56 Å². The van der Waals surface area contributed by atoms with Crippen molar-refractivity contribution in [1.29, 1.82) is 0 Å². The third-order valence-electron chi connectivity index (χ3n) is 3.68. The van der Waals surface area contributed by atoms with E-state index in [1.807, 2.05) is 14.1 Å². The van der Waals surface area contributed by atoms with Crippen molar-refractivity contribution in [3.63, 3.8) is 0 Å². The van der Waals surface area contributed by atoms with Crippen molar-refractivity contribution in [1.82, 2.24) is 10.2 Å². The van der Waals surface area contributed by atoms with Gasteiger partial charge in [-0.1, -0.05) is 0 Å². The lowest BCUT2D eigenvalue weighted by Crippen LogP contribution is -2.40. The molecule has 3 atom stereocenters. The number of thiophene rings is 1. The average Bonchev–Trinajstić information content (AvgIpc) is 3.09. The van der Waals surface area contributed by atoms with Crippen molar-refractivity contribution in [2.75, 3.05) is 27.2 Å². The van der Waals surface area contributed by atoms with E-state index < -0.39 is 0 Å². The number of likely N-dealkylation sites (N-methyl/N-ethyl adjacent to an activating group) is 1. The van der Waals surface area contributed by atoms with Crippen LogP contribution in [0.3, 0.4) is 0 Å². The number of hydrogen-bond acceptors (Lipinski definition) is 5. The molecule has 0 bridgehead atoms. The van der Waals surface area contributed by atoms with Crippen LogP contribution in [0.5, 0.6) is 0 Å². The van der Waals surface area contributed by atoms with Crippen LogP contribution in [-0.4, -0.2) is 50.2 Å². The van der Waals surface area contributed by atoms with E-state index in [4.69, 9.17) is 10.5 Å². The molecule has 1 unspecified atom stereocenters. The number of hydrogen-bond donors (Lipinski definition) is 2. The second-order valence-electron chi connectivity index (χ2n) is 5.34. The molecule has 2 rings (SSSR count). The van der Waals surface area contributed by atoms with Crippen molar-refractivity contribution < 1.29 is 9.53 Å². The van der Waals surface area contributed by atoms with Gasteiger partial charge in [0.25, 0.3) is 0 Å². The van der Waals surface area contributed by atoms with E-state index in [1.54, 1.807) is 11.3 Å². The predicted molar refractivity (Wildman–Crippen MR) is 80.7 cm³/mol. The molecule has 0 aromatic carbocycles. The Morgan fingerprint density at radius 3 is 2.95 bits per heavy atom. The highest BCUT2D eigenvalue weighted by Gasteiger charge is 2.30. The maximum atomic E-state index is 12.1. The Morgan fingerprint density at radius 2 is 2.40 bits per heavy atom. The van der Waals surface area contributed by atoms with Gasteiger partial charge in [0, 0.05) is 13.1 Å². The van der Waals surface area contributed by atoms with Crippen LogP contribution in [0.4, 0.5) is 0 Å².